The lowest BCUT2D eigenvalue weighted by atomic mass is 10.0. The number of halogens is 1. The molecule has 0 atom stereocenters. The standard InChI is InChI=1S/C16H19ClN2OS/c1-11-9-13(7-8-14(11)17)5-3-4-6-15(20)19-16-18-10-12(2)21-16/h7-10H,3-6H2,1-2H3,(H,18,19,20). The van der Waals surface area contributed by atoms with Crippen molar-refractivity contribution in [2.75, 3.05) is 5.32 Å². The highest BCUT2D eigenvalue weighted by atomic mass is 35.5. The molecule has 1 N–H and O–H groups in total. The summed E-state index contributed by atoms with van der Waals surface area (Å²) in [4.78, 5) is 17.0. The number of aromatic nitrogens is 1. The molecule has 2 rings (SSSR count). The molecular weight excluding hydrogens is 304 g/mol. The topological polar surface area (TPSA) is 42.0 Å². The van der Waals surface area contributed by atoms with Gasteiger partial charge in [0.05, 0.1) is 0 Å². The number of unbranched alkanes of at least 4 members (excludes halogenated alkanes) is 1. The Labute approximate surface area is 134 Å². The second-order valence-corrected chi connectivity index (χ2v) is 6.76. The van der Waals surface area contributed by atoms with Gasteiger partial charge in [-0.3, -0.25) is 4.79 Å². The van der Waals surface area contributed by atoms with Crippen LogP contribution in [0, 0.1) is 13.8 Å². The zero-order valence-corrected chi connectivity index (χ0v) is 13.9. The van der Waals surface area contributed by atoms with E-state index in [9.17, 15) is 4.79 Å². The lowest BCUT2D eigenvalue weighted by molar-refractivity contribution is -0.116. The molecule has 1 heterocycles. The normalized spacial score (nSPS) is 10.6. The maximum atomic E-state index is 11.8. The highest BCUT2D eigenvalue weighted by molar-refractivity contribution is 7.15. The van der Waals surface area contributed by atoms with Crippen LogP contribution in [0.15, 0.2) is 24.4 Å². The van der Waals surface area contributed by atoms with Gasteiger partial charge in [0.25, 0.3) is 0 Å². The van der Waals surface area contributed by atoms with Crippen LogP contribution in [-0.2, 0) is 11.2 Å². The summed E-state index contributed by atoms with van der Waals surface area (Å²) in [6.07, 6.45) is 5.14. The minimum Gasteiger partial charge on any atom is -0.302 e. The first-order valence-corrected chi connectivity index (χ1v) is 8.21. The number of nitrogens with zero attached hydrogens (tertiary/aromatic N) is 1. The molecule has 1 aromatic heterocycles. The fourth-order valence-electron chi connectivity index (χ4n) is 2.07. The van der Waals surface area contributed by atoms with Crippen molar-refractivity contribution in [1.29, 1.82) is 0 Å². The first kappa shape index (κ1) is 16.0. The van der Waals surface area contributed by atoms with Crippen LogP contribution < -0.4 is 5.32 Å². The van der Waals surface area contributed by atoms with Crippen LogP contribution in [0.5, 0.6) is 0 Å². The number of amides is 1. The molecule has 0 aliphatic heterocycles. The van der Waals surface area contributed by atoms with E-state index in [-0.39, 0.29) is 5.91 Å². The number of carbonyl (C=O) groups excluding carboxylic acids is 1. The Bertz CT molecular complexity index is 624. The first-order chi connectivity index (χ1) is 10.0. The number of benzene rings is 1. The fourth-order valence-corrected chi connectivity index (χ4v) is 2.87. The Hall–Kier alpha value is -1.39. The van der Waals surface area contributed by atoms with Crippen LogP contribution in [0.3, 0.4) is 0 Å². The van der Waals surface area contributed by atoms with Crippen molar-refractivity contribution in [2.45, 2.75) is 39.5 Å². The molecular formula is C16H19ClN2OS. The van der Waals surface area contributed by atoms with Gasteiger partial charge >= 0.3 is 0 Å². The van der Waals surface area contributed by atoms with E-state index in [4.69, 9.17) is 11.6 Å². The SMILES string of the molecule is Cc1cnc(NC(=O)CCCCc2ccc(Cl)c(C)c2)s1. The second-order valence-electron chi connectivity index (χ2n) is 5.11. The third-order valence-corrected chi connectivity index (χ3v) is 4.46. The lowest BCUT2D eigenvalue weighted by Gasteiger charge is -2.05. The van der Waals surface area contributed by atoms with Crippen molar-refractivity contribution in [3.8, 4) is 0 Å². The zero-order chi connectivity index (χ0) is 15.2. The Morgan fingerprint density at radius 1 is 1.33 bits per heavy atom. The Balaban J connectivity index is 1.69. The number of nitrogens with one attached hydrogen (secondary N) is 1. The van der Waals surface area contributed by atoms with Gasteiger partial charge in [0.1, 0.15) is 0 Å². The van der Waals surface area contributed by atoms with Crippen LogP contribution in [0.1, 0.15) is 35.3 Å². The van der Waals surface area contributed by atoms with Gasteiger partial charge < -0.3 is 5.32 Å². The predicted molar refractivity (Wildman–Crippen MR) is 89.2 cm³/mol. The summed E-state index contributed by atoms with van der Waals surface area (Å²) in [7, 11) is 0. The number of hydrogen-bond donors (Lipinski definition) is 1. The molecule has 0 aliphatic rings. The highest BCUT2D eigenvalue weighted by Gasteiger charge is 2.05. The lowest BCUT2D eigenvalue weighted by Crippen LogP contribution is -2.10. The van der Waals surface area contributed by atoms with Crippen molar-refractivity contribution in [3.63, 3.8) is 0 Å². The molecule has 0 unspecified atom stereocenters. The molecule has 0 saturated carbocycles. The average Bonchev–Trinajstić information content (AvgIpc) is 2.84. The van der Waals surface area contributed by atoms with Crippen molar-refractivity contribution < 1.29 is 4.79 Å². The highest BCUT2D eigenvalue weighted by Crippen LogP contribution is 2.19. The molecule has 3 nitrogen and oxygen atoms in total. The Morgan fingerprint density at radius 2 is 2.14 bits per heavy atom. The molecule has 112 valence electrons. The van der Waals surface area contributed by atoms with Gasteiger partial charge in [-0.05, 0) is 50.3 Å². The molecule has 5 heteroatoms. The van der Waals surface area contributed by atoms with Gasteiger partial charge in [-0.1, -0.05) is 23.7 Å². The van der Waals surface area contributed by atoms with E-state index in [1.54, 1.807) is 6.20 Å². The predicted octanol–water partition coefficient (Wildman–Crippen LogP) is 4.76. The first-order valence-electron chi connectivity index (χ1n) is 7.02. The smallest absolute Gasteiger partial charge is 0.226 e. The maximum absolute atomic E-state index is 11.8. The van der Waals surface area contributed by atoms with Crippen molar-refractivity contribution in [3.05, 3.63) is 45.4 Å². The summed E-state index contributed by atoms with van der Waals surface area (Å²) >= 11 is 7.50. The Morgan fingerprint density at radius 3 is 2.81 bits per heavy atom. The third kappa shape index (κ3) is 5.14. The van der Waals surface area contributed by atoms with E-state index in [1.165, 1.54) is 16.9 Å². The van der Waals surface area contributed by atoms with E-state index in [1.807, 2.05) is 26.0 Å². The number of thiazole rings is 1. The molecule has 1 amide bonds. The summed E-state index contributed by atoms with van der Waals surface area (Å²) in [5, 5.41) is 4.32. The molecule has 0 saturated heterocycles. The van der Waals surface area contributed by atoms with Gasteiger partial charge in [-0.25, -0.2) is 4.98 Å². The molecule has 0 bridgehead atoms. The number of carbonyl (C=O) groups is 1. The van der Waals surface area contributed by atoms with Crippen LogP contribution >= 0.6 is 22.9 Å². The largest absolute Gasteiger partial charge is 0.302 e. The van der Waals surface area contributed by atoms with E-state index >= 15 is 0 Å². The molecule has 0 fully saturated rings. The van der Waals surface area contributed by atoms with Gasteiger partial charge in [-0.2, -0.15) is 0 Å². The third-order valence-electron chi connectivity index (χ3n) is 3.21. The number of anilines is 1. The van der Waals surface area contributed by atoms with E-state index in [0.29, 0.717) is 11.6 Å². The van der Waals surface area contributed by atoms with Gasteiger partial charge in [-0.15, -0.1) is 11.3 Å². The minimum absolute atomic E-state index is 0.0386. The minimum atomic E-state index is 0.0386. The van der Waals surface area contributed by atoms with Crippen LogP contribution in [0.4, 0.5) is 5.13 Å². The number of aryl methyl sites for hydroxylation is 3. The van der Waals surface area contributed by atoms with Gasteiger partial charge in [0.2, 0.25) is 5.91 Å². The summed E-state index contributed by atoms with van der Waals surface area (Å²) in [6.45, 7) is 3.98. The monoisotopic (exact) mass is 322 g/mol. The van der Waals surface area contributed by atoms with Crippen molar-refractivity contribution in [2.24, 2.45) is 0 Å². The molecule has 1 aromatic carbocycles. The molecule has 0 spiro atoms. The Kier molecular flexibility index (Phi) is 5.76. The fraction of sp³-hybridized carbons (Fsp3) is 0.375. The maximum Gasteiger partial charge on any atom is 0.226 e. The van der Waals surface area contributed by atoms with Gasteiger partial charge in [0, 0.05) is 22.5 Å². The van der Waals surface area contributed by atoms with E-state index in [0.717, 1.165) is 34.7 Å². The van der Waals surface area contributed by atoms with E-state index in [2.05, 4.69) is 16.4 Å². The zero-order valence-electron chi connectivity index (χ0n) is 12.3. The quantitative estimate of drug-likeness (QED) is 0.779. The summed E-state index contributed by atoms with van der Waals surface area (Å²) in [6, 6.07) is 6.10. The van der Waals surface area contributed by atoms with E-state index < -0.39 is 0 Å². The number of hydrogen-bond acceptors (Lipinski definition) is 3. The van der Waals surface area contributed by atoms with Crippen LogP contribution in [0.2, 0.25) is 5.02 Å². The number of rotatable bonds is 6. The molecule has 2 aromatic rings. The van der Waals surface area contributed by atoms with Crippen LogP contribution in [0.25, 0.3) is 0 Å². The average molecular weight is 323 g/mol. The molecule has 0 aliphatic carbocycles. The molecule has 21 heavy (non-hydrogen) atoms. The molecule has 0 radical (unpaired) electrons. The second kappa shape index (κ2) is 7.57. The summed E-state index contributed by atoms with van der Waals surface area (Å²) < 4.78 is 0. The van der Waals surface area contributed by atoms with Crippen LogP contribution in [-0.4, -0.2) is 10.9 Å². The summed E-state index contributed by atoms with van der Waals surface area (Å²) in [5.41, 5.74) is 2.37. The van der Waals surface area contributed by atoms with Crippen molar-refractivity contribution in [1.82, 2.24) is 4.98 Å². The van der Waals surface area contributed by atoms with Gasteiger partial charge in [0.15, 0.2) is 5.13 Å². The van der Waals surface area contributed by atoms with Crippen molar-refractivity contribution >= 4 is 34.0 Å². The summed E-state index contributed by atoms with van der Waals surface area (Å²) in [5.74, 6) is 0.0386.